The van der Waals surface area contributed by atoms with Crippen molar-refractivity contribution in [2.75, 3.05) is 6.54 Å². The predicted molar refractivity (Wildman–Crippen MR) is 156 cm³/mol. The van der Waals surface area contributed by atoms with E-state index in [1.165, 1.54) is 64.7 Å². The van der Waals surface area contributed by atoms with E-state index >= 15 is 0 Å². The average Bonchev–Trinajstić information content (AvgIpc) is 3.53. The molecule has 2 saturated heterocycles. The maximum atomic E-state index is 13.6. The van der Waals surface area contributed by atoms with Crippen molar-refractivity contribution in [3.63, 3.8) is 0 Å². The standard InChI is InChI=1S/C18H30NO2Si.3C4H9.Sn/c1-11-8-13-9-14(13)16-15(17(20)19(16)10-11)12(2)21-22(6,7)18(3,4)5;3*1-3-4-2;/h1,12-16H,8-10H2,2-7H3;3*1,3-4H2,2H3;/t12-,13-,14+,15-,16-;;;;/m1..../s1. The second-order valence-electron chi connectivity index (χ2n) is 13.9. The van der Waals surface area contributed by atoms with Gasteiger partial charge in [-0.25, -0.2) is 0 Å². The maximum absolute atomic E-state index is 13.6. The Balaban J connectivity index is 1.79. The van der Waals surface area contributed by atoms with Gasteiger partial charge >= 0.3 is 224 Å². The van der Waals surface area contributed by atoms with Crippen LogP contribution in [-0.2, 0) is 9.22 Å². The monoisotopic (exact) mass is 611 g/mol. The van der Waals surface area contributed by atoms with Gasteiger partial charge in [-0.1, -0.05) is 0 Å². The van der Waals surface area contributed by atoms with Crippen molar-refractivity contribution in [2.45, 2.75) is 143 Å². The molecule has 2 aliphatic heterocycles. The van der Waals surface area contributed by atoms with Crippen molar-refractivity contribution in [3.8, 4) is 0 Å². The first-order valence-corrected chi connectivity index (χ1v) is 25.7. The van der Waals surface area contributed by atoms with Crippen LogP contribution >= 0.6 is 0 Å². The van der Waals surface area contributed by atoms with Gasteiger partial charge < -0.3 is 0 Å². The van der Waals surface area contributed by atoms with Crippen LogP contribution in [-0.4, -0.2) is 56.2 Å². The van der Waals surface area contributed by atoms with E-state index in [0.717, 1.165) is 18.4 Å². The zero-order chi connectivity index (χ0) is 26.0. The SMILES string of the molecule is CCC[CH2][Sn](/[CH]=C1\C[C@@H]2C[C@@H]2[C@@H]2[C@@H]([C@@H](C)O[Si](C)(C)C(C)(C)C)C(=O)N2C1)([CH2]CCC)[CH2]CCC. The van der Waals surface area contributed by atoms with E-state index in [4.69, 9.17) is 4.43 Å². The molecule has 0 spiro atoms. The second-order valence-corrected chi connectivity index (χ2v) is 31.5. The number of nitrogens with zero attached hydrogens (tertiary/aromatic N) is 1. The van der Waals surface area contributed by atoms with Crippen LogP contribution in [0.4, 0.5) is 0 Å². The summed E-state index contributed by atoms with van der Waals surface area (Å²) in [6.07, 6.45) is 10.9. The van der Waals surface area contributed by atoms with Crippen LogP contribution in [0.15, 0.2) is 9.67 Å². The summed E-state index contributed by atoms with van der Waals surface area (Å²) in [6, 6.07) is 0.435. The van der Waals surface area contributed by atoms with Crippen LogP contribution in [0.3, 0.4) is 0 Å². The van der Waals surface area contributed by atoms with E-state index in [2.05, 4.69) is 70.6 Å². The zero-order valence-corrected chi connectivity index (χ0v) is 28.6. The molecule has 1 aliphatic carbocycles. The number of hydrogen-bond donors (Lipinski definition) is 0. The Labute approximate surface area is 223 Å². The molecule has 0 radical (unpaired) electrons. The van der Waals surface area contributed by atoms with Crippen LogP contribution in [0.5, 0.6) is 0 Å². The molecule has 1 amide bonds. The van der Waals surface area contributed by atoms with E-state index in [1.807, 2.05) is 0 Å². The molecule has 202 valence electrons. The number of amides is 1. The number of fused-ring (bicyclic) bond motifs is 3. The third kappa shape index (κ3) is 6.80. The van der Waals surface area contributed by atoms with Crippen molar-refractivity contribution in [1.82, 2.24) is 4.90 Å². The van der Waals surface area contributed by atoms with Gasteiger partial charge in [-0.05, 0) is 0 Å². The minimum absolute atomic E-state index is 0.0494. The van der Waals surface area contributed by atoms with Gasteiger partial charge in [0.05, 0.1) is 0 Å². The van der Waals surface area contributed by atoms with E-state index in [1.54, 1.807) is 5.57 Å². The molecule has 0 aromatic heterocycles. The summed E-state index contributed by atoms with van der Waals surface area (Å²) < 4.78 is 14.3. The molecular weight excluding hydrogens is 553 g/mol. The summed E-state index contributed by atoms with van der Waals surface area (Å²) in [5.41, 5.74) is 1.67. The summed E-state index contributed by atoms with van der Waals surface area (Å²) in [5.74, 6) is 2.02. The Bertz CT molecular complexity index is 736. The van der Waals surface area contributed by atoms with Gasteiger partial charge in [0.15, 0.2) is 0 Å². The van der Waals surface area contributed by atoms with Crippen LogP contribution in [0.25, 0.3) is 0 Å². The minimum atomic E-state index is -2.35. The van der Waals surface area contributed by atoms with Crippen LogP contribution in [0, 0.1) is 17.8 Å². The molecule has 3 nitrogen and oxygen atoms in total. The molecule has 0 N–H and O–H groups in total. The molecule has 5 atom stereocenters. The van der Waals surface area contributed by atoms with Gasteiger partial charge in [0.1, 0.15) is 0 Å². The van der Waals surface area contributed by atoms with Crippen molar-refractivity contribution in [1.29, 1.82) is 0 Å². The molecule has 0 aromatic carbocycles. The molecule has 35 heavy (non-hydrogen) atoms. The van der Waals surface area contributed by atoms with E-state index < -0.39 is 26.7 Å². The Morgan fingerprint density at radius 1 is 1.06 bits per heavy atom. The van der Waals surface area contributed by atoms with Crippen molar-refractivity contribution >= 4 is 32.6 Å². The molecule has 0 aromatic rings. The first-order valence-electron chi connectivity index (χ1n) is 15.1. The number of rotatable bonds is 13. The number of unbranched alkanes of at least 4 members (excludes halogenated alkanes) is 3. The molecule has 0 unspecified atom stereocenters. The first kappa shape index (κ1) is 29.7. The van der Waals surface area contributed by atoms with Gasteiger partial charge in [-0.2, -0.15) is 0 Å². The Morgan fingerprint density at radius 3 is 2.09 bits per heavy atom. The van der Waals surface area contributed by atoms with Crippen molar-refractivity contribution in [3.05, 3.63) is 9.67 Å². The molecule has 2 heterocycles. The average molecular weight is 611 g/mol. The van der Waals surface area contributed by atoms with E-state index in [-0.39, 0.29) is 17.1 Å². The van der Waals surface area contributed by atoms with Crippen LogP contribution in [0.2, 0.25) is 31.4 Å². The number of carbonyl (C=O) groups is 1. The van der Waals surface area contributed by atoms with Gasteiger partial charge in [-0.15, -0.1) is 0 Å². The summed E-state index contributed by atoms with van der Waals surface area (Å²) >= 11 is -2.35. The Morgan fingerprint density at radius 2 is 1.60 bits per heavy atom. The van der Waals surface area contributed by atoms with Gasteiger partial charge in [0, 0.05) is 0 Å². The Kier molecular flexibility index (Phi) is 10.1. The fourth-order valence-corrected chi connectivity index (χ4v) is 23.7. The number of carbonyl (C=O) groups excluding carboxylic acids is 1. The molecule has 0 bridgehead atoms. The topological polar surface area (TPSA) is 29.5 Å². The van der Waals surface area contributed by atoms with Gasteiger partial charge in [0.25, 0.3) is 0 Å². The zero-order valence-electron chi connectivity index (χ0n) is 24.7. The second kappa shape index (κ2) is 11.9. The van der Waals surface area contributed by atoms with Crippen molar-refractivity contribution < 1.29 is 9.22 Å². The molecule has 1 saturated carbocycles. The van der Waals surface area contributed by atoms with Crippen LogP contribution in [0.1, 0.15) is 99.8 Å². The molecule has 3 fully saturated rings. The fourth-order valence-electron chi connectivity index (χ4n) is 6.73. The van der Waals surface area contributed by atoms with Gasteiger partial charge in [0.2, 0.25) is 0 Å². The molecule has 5 heteroatoms. The van der Waals surface area contributed by atoms with E-state index in [9.17, 15) is 4.79 Å². The summed E-state index contributed by atoms with van der Waals surface area (Å²) in [4.78, 5) is 15.9. The molecule has 3 rings (SSSR count). The predicted octanol–water partition coefficient (Wildman–Crippen LogP) is 8.58. The first-order chi connectivity index (χ1) is 16.4. The van der Waals surface area contributed by atoms with Crippen LogP contribution < -0.4 is 0 Å². The quantitative estimate of drug-likeness (QED) is 0.155. The molecular formula is C30H57NO2SiSn. The summed E-state index contributed by atoms with van der Waals surface area (Å²) in [5, 5.41) is 0.182. The number of β-lactam (4-membered cyclic amide) rings is 1. The third-order valence-electron chi connectivity index (χ3n) is 10.00. The Hall–Kier alpha value is 0.186. The van der Waals surface area contributed by atoms with Crippen molar-refractivity contribution in [2.24, 2.45) is 17.8 Å². The third-order valence-corrected chi connectivity index (χ3v) is 29.0. The van der Waals surface area contributed by atoms with E-state index in [0.29, 0.717) is 11.9 Å². The molecule has 3 aliphatic rings. The summed E-state index contributed by atoms with van der Waals surface area (Å²) in [7, 11) is -1.88. The van der Waals surface area contributed by atoms with Gasteiger partial charge in [-0.3, -0.25) is 0 Å². The normalized spacial score (nSPS) is 28.9. The summed E-state index contributed by atoms with van der Waals surface area (Å²) in [6.45, 7) is 21.8. The fraction of sp³-hybridized carbons (Fsp3) is 0.900. The number of hydrogen-bond acceptors (Lipinski definition) is 2.